The zero-order chi connectivity index (χ0) is 10.6. The molecule has 0 aromatic heterocycles. The first-order valence-corrected chi connectivity index (χ1v) is 3.96. The maximum absolute atomic E-state index is 13.0. The number of carboxylic acid groups (broad SMARTS) is 1. The number of rotatable bonds is 4. The van der Waals surface area contributed by atoms with Crippen molar-refractivity contribution in [3.05, 3.63) is 35.4 Å². The number of carboxylic acids is 1. The summed E-state index contributed by atoms with van der Waals surface area (Å²) < 4.78 is 25.6. The molecule has 1 rings (SSSR count). The summed E-state index contributed by atoms with van der Waals surface area (Å²) in [4.78, 5) is 10.1. The molecule has 0 aliphatic carbocycles. The van der Waals surface area contributed by atoms with Crippen molar-refractivity contribution in [1.82, 2.24) is 5.32 Å². The normalized spacial score (nSPS) is 10.1. The van der Waals surface area contributed by atoms with Crippen molar-refractivity contribution in [3.8, 4) is 0 Å². The van der Waals surface area contributed by atoms with Crippen LogP contribution in [0.25, 0.3) is 0 Å². The standard InChI is InChI=1S/C9H9F2NO2/c10-7-3-1-2-6(9(7)11)4-12-5-8(13)14/h1-3,12H,4-5H2,(H,13,14). The average Bonchev–Trinajstić information content (AvgIpc) is 2.12. The van der Waals surface area contributed by atoms with Gasteiger partial charge in [-0.2, -0.15) is 0 Å². The van der Waals surface area contributed by atoms with E-state index < -0.39 is 17.6 Å². The molecule has 0 bridgehead atoms. The second kappa shape index (κ2) is 4.66. The summed E-state index contributed by atoms with van der Waals surface area (Å²) in [5.41, 5.74) is 0.117. The number of hydrogen-bond acceptors (Lipinski definition) is 2. The van der Waals surface area contributed by atoms with Gasteiger partial charge in [0.25, 0.3) is 0 Å². The lowest BCUT2D eigenvalue weighted by molar-refractivity contribution is -0.136. The van der Waals surface area contributed by atoms with Gasteiger partial charge in [-0.25, -0.2) is 8.78 Å². The smallest absolute Gasteiger partial charge is 0.317 e. The molecule has 0 unspecified atom stereocenters. The molecule has 0 aliphatic rings. The maximum Gasteiger partial charge on any atom is 0.317 e. The monoisotopic (exact) mass is 201 g/mol. The van der Waals surface area contributed by atoms with Gasteiger partial charge in [-0.3, -0.25) is 4.79 Å². The molecule has 1 aromatic rings. The first-order chi connectivity index (χ1) is 6.61. The third-order valence-electron chi connectivity index (χ3n) is 1.62. The van der Waals surface area contributed by atoms with Gasteiger partial charge < -0.3 is 10.4 Å². The molecule has 0 saturated carbocycles. The molecular weight excluding hydrogens is 192 g/mol. The molecule has 0 heterocycles. The van der Waals surface area contributed by atoms with Crippen LogP contribution in [0.1, 0.15) is 5.56 Å². The van der Waals surface area contributed by atoms with Gasteiger partial charge in [-0.15, -0.1) is 0 Å². The minimum atomic E-state index is -1.04. The molecule has 0 saturated heterocycles. The van der Waals surface area contributed by atoms with E-state index in [9.17, 15) is 13.6 Å². The number of halogens is 2. The minimum absolute atomic E-state index is 0.00407. The summed E-state index contributed by atoms with van der Waals surface area (Å²) in [7, 11) is 0. The van der Waals surface area contributed by atoms with Crippen molar-refractivity contribution in [2.75, 3.05) is 6.54 Å². The van der Waals surface area contributed by atoms with Crippen LogP contribution in [0.15, 0.2) is 18.2 Å². The molecule has 14 heavy (non-hydrogen) atoms. The zero-order valence-corrected chi connectivity index (χ0v) is 7.26. The summed E-state index contributed by atoms with van der Waals surface area (Å²) in [6, 6.07) is 3.78. The van der Waals surface area contributed by atoms with Crippen molar-refractivity contribution in [2.24, 2.45) is 0 Å². The highest BCUT2D eigenvalue weighted by atomic mass is 19.2. The molecular formula is C9H9F2NO2. The number of hydrogen-bond donors (Lipinski definition) is 2. The first kappa shape index (κ1) is 10.6. The van der Waals surface area contributed by atoms with Gasteiger partial charge in [0, 0.05) is 12.1 Å². The second-order valence-electron chi connectivity index (χ2n) is 2.71. The van der Waals surface area contributed by atoms with Crippen LogP contribution >= 0.6 is 0 Å². The Balaban J connectivity index is 2.59. The van der Waals surface area contributed by atoms with E-state index in [4.69, 9.17) is 5.11 Å². The van der Waals surface area contributed by atoms with E-state index >= 15 is 0 Å². The number of nitrogens with one attached hydrogen (secondary N) is 1. The highest BCUT2D eigenvalue weighted by Gasteiger charge is 2.06. The van der Waals surface area contributed by atoms with E-state index in [-0.39, 0.29) is 18.7 Å². The lowest BCUT2D eigenvalue weighted by atomic mass is 10.2. The fraction of sp³-hybridized carbons (Fsp3) is 0.222. The fourth-order valence-electron chi connectivity index (χ4n) is 0.989. The lowest BCUT2D eigenvalue weighted by Crippen LogP contribution is -2.22. The van der Waals surface area contributed by atoms with Crippen LogP contribution < -0.4 is 5.32 Å². The fourth-order valence-corrected chi connectivity index (χ4v) is 0.989. The molecule has 0 aliphatic heterocycles. The van der Waals surface area contributed by atoms with Crippen LogP contribution in [0.5, 0.6) is 0 Å². The van der Waals surface area contributed by atoms with E-state index in [1.165, 1.54) is 12.1 Å². The van der Waals surface area contributed by atoms with Crippen LogP contribution in [0, 0.1) is 11.6 Å². The quantitative estimate of drug-likeness (QED) is 0.767. The van der Waals surface area contributed by atoms with Crippen LogP contribution in [0.2, 0.25) is 0 Å². The van der Waals surface area contributed by atoms with E-state index in [0.29, 0.717) is 0 Å². The molecule has 1 aromatic carbocycles. The van der Waals surface area contributed by atoms with Crippen LogP contribution in [-0.2, 0) is 11.3 Å². The van der Waals surface area contributed by atoms with Crippen molar-refractivity contribution < 1.29 is 18.7 Å². The second-order valence-corrected chi connectivity index (χ2v) is 2.71. The van der Waals surface area contributed by atoms with Gasteiger partial charge in [0.1, 0.15) is 0 Å². The predicted octanol–water partition coefficient (Wildman–Crippen LogP) is 1.14. The summed E-state index contributed by atoms with van der Waals surface area (Å²) in [5.74, 6) is -2.91. The summed E-state index contributed by atoms with van der Waals surface area (Å²) in [6.45, 7) is -0.286. The van der Waals surface area contributed by atoms with Gasteiger partial charge in [0.15, 0.2) is 11.6 Å². The van der Waals surface area contributed by atoms with Gasteiger partial charge >= 0.3 is 5.97 Å². The Morgan fingerprint density at radius 2 is 2.14 bits per heavy atom. The predicted molar refractivity (Wildman–Crippen MR) is 45.7 cm³/mol. The topological polar surface area (TPSA) is 49.3 Å². The third kappa shape index (κ3) is 2.77. The lowest BCUT2D eigenvalue weighted by Gasteiger charge is -2.03. The van der Waals surface area contributed by atoms with Gasteiger partial charge in [0.2, 0.25) is 0 Å². The average molecular weight is 201 g/mol. The molecule has 0 amide bonds. The Hall–Kier alpha value is -1.49. The number of benzene rings is 1. The van der Waals surface area contributed by atoms with E-state index in [2.05, 4.69) is 5.32 Å². The van der Waals surface area contributed by atoms with E-state index in [1.54, 1.807) is 0 Å². The van der Waals surface area contributed by atoms with Crippen molar-refractivity contribution in [1.29, 1.82) is 0 Å². The highest BCUT2D eigenvalue weighted by Crippen LogP contribution is 2.10. The van der Waals surface area contributed by atoms with Crippen LogP contribution in [-0.4, -0.2) is 17.6 Å². The van der Waals surface area contributed by atoms with E-state index in [0.717, 1.165) is 6.07 Å². The summed E-state index contributed by atoms with van der Waals surface area (Å²) in [6.07, 6.45) is 0. The Kier molecular flexibility index (Phi) is 3.53. The molecule has 0 spiro atoms. The minimum Gasteiger partial charge on any atom is -0.480 e. The highest BCUT2D eigenvalue weighted by molar-refractivity contribution is 5.68. The third-order valence-corrected chi connectivity index (χ3v) is 1.62. The van der Waals surface area contributed by atoms with Crippen molar-refractivity contribution in [3.63, 3.8) is 0 Å². The molecule has 0 fully saturated rings. The molecule has 0 radical (unpaired) electrons. The Morgan fingerprint density at radius 3 is 2.79 bits per heavy atom. The zero-order valence-electron chi connectivity index (χ0n) is 7.26. The largest absolute Gasteiger partial charge is 0.480 e. The number of carbonyl (C=O) groups is 1. The van der Waals surface area contributed by atoms with Gasteiger partial charge in [-0.1, -0.05) is 12.1 Å². The Bertz CT molecular complexity index is 342. The van der Waals surface area contributed by atoms with Crippen LogP contribution in [0.3, 0.4) is 0 Å². The summed E-state index contributed by atoms with van der Waals surface area (Å²) in [5, 5.41) is 10.7. The molecule has 76 valence electrons. The van der Waals surface area contributed by atoms with Gasteiger partial charge in [-0.05, 0) is 6.07 Å². The molecule has 3 nitrogen and oxygen atoms in total. The van der Waals surface area contributed by atoms with Crippen molar-refractivity contribution in [2.45, 2.75) is 6.54 Å². The number of aliphatic carboxylic acids is 1. The molecule has 2 N–H and O–H groups in total. The molecule has 5 heteroatoms. The van der Waals surface area contributed by atoms with Crippen LogP contribution in [0.4, 0.5) is 8.78 Å². The van der Waals surface area contributed by atoms with E-state index in [1.807, 2.05) is 0 Å². The first-order valence-electron chi connectivity index (χ1n) is 3.96. The Labute approximate surface area is 79.4 Å². The molecule has 0 atom stereocenters. The SMILES string of the molecule is O=C(O)CNCc1cccc(F)c1F. The van der Waals surface area contributed by atoms with Crippen molar-refractivity contribution >= 4 is 5.97 Å². The maximum atomic E-state index is 13.0. The van der Waals surface area contributed by atoms with Gasteiger partial charge in [0.05, 0.1) is 6.54 Å². The summed E-state index contributed by atoms with van der Waals surface area (Å²) >= 11 is 0. The Morgan fingerprint density at radius 1 is 1.43 bits per heavy atom.